The second kappa shape index (κ2) is 6.75. The van der Waals surface area contributed by atoms with Gasteiger partial charge >= 0.3 is 0 Å². The number of pyridine rings is 1. The molecule has 1 aromatic heterocycles. The van der Waals surface area contributed by atoms with Gasteiger partial charge in [-0.15, -0.1) is 0 Å². The zero-order chi connectivity index (χ0) is 15.5. The van der Waals surface area contributed by atoms with Crippen molar-refractivity contribution in [2.24, 2.45) is 0 Å². The molecule has 6 heteroatoms. The molecule has 1 N–H and O–H groups in total. The van der Waals surface area contributed by atoms with Crippen LogP contribution < -0.4 is 10.2 Å². The Balaban J connectivity index is 2.12. The molecule has 5 nitrogen and oxygen atoms in total. The minimum Gasteiger partial charge on any atom is -0.366 e. The first-order chi connectivity index (χ1) is 9.96. The molecule has 2 rings (SSSR count). The monoisotopic (exact) mass is 311 g/mol. The standard InChI is InChI=1S/C15H25N3O2S/c1-4-14(16-5-2)15-7-6-13(10-17-15)18-8-9-21(19,20)11-12(18)3/h6-7,10,12,14,16H,4-5,8-9,11H2,1-3H3. The smallest absolute Gasteiger partial charge is 0.154 e. The number of anilines is 1. The summed E-state index contributed by atoms with van der Waals surface area (Å²) in [5.41, 5.74) is 2.05. The van der Waals surface area contributed by atoms with Gasteiger partial charge in [-0.3, -0.25) is 4.98 Å². The van der Waals surface area contributed by atoms with Crippen LogP contribution in [0.5, 0.6) is 0 Å². The van der Waals surface area contributed by atoms with E-state index in [1.807, 2.05) is 19.2 Å². The van der Waals surface area contributed by atoms with Crippen LogP contribution in [0.1, 0.15) is 38.9 Å². The van der Waals surface area contributed by atoms with Crippen molar-refractivity contribution in [2.75, 3.05) is 29.5 Å². The average molecular weight is 311 g/mol. The van der Waals surface area contributed by atoms with Gasteiger partial charge in [-0.1, -0.05) is 13.8 Å². The zero-order valence-corrected chi connectivity index (χ0v) is 13.9. The van der Waals surface area contributed by atoms with Crippen LogP contribution in [0.3, 0.4) is 0 Å². The Morgan fingerprint density at radius 2 is 2.19 bits per heavy atom. The van der Waals surface area contributed by atoms with Crippen molar-refractivity contribution in [1.29, 1.82) is 0 Å². The van der Waals surface area contributed by atoms with Crippen LogP contribution in [0.4, 0.5) is 5.69 Å². The van der Waals surface area contributed by atoms with E-state index < -0.39 is 9.84 Å². The number of hydrogen-bond donors (Lipinski definition) is 1. The summed E-state index contributed by atoms with van der Waals surface area (Å²) in [6.45, 7) is 7.66. The number of sulfone groups is 1. The van der Waals surface area contributed by atoms with Crippen molar-refractivity contribution < 1.29 is 8.42 Å². The Morgan fingerprint density at radius 3 is 2.71 bits per heavy atom. The summed E-state index contributed by atoms with van der Waals surface area (Å²) in [7, 11) is -2.88. The van der Waals surface area contributed by atoms with Gasteiger partial charge in [0.25, 0.3) is 0 Å². The fourth-order valence-electron chi connectivity index (χ4n) is 2.86. The van der Waals surface area contributed by atoms with Gasteiger partial charge in [-0.25, -0.2) is 8.42 Å². The minimum absolute atomic E-state index is 0.00661. The number of hydrogen-bond acceptors (Lipinski definition) is 5. The third kappa shape index (κ3) is 3.95. The predicted molar refractivity (Wildman–Crippen MR) is 86.4 cm³/mol. The summed E-state index contributed by atoms with van der Waals surface area (Å²) >= 11 is 0. The zero-order valence-electron chi connectivity index (χ0n) is 13.0. The molecule has 0 spiro atoms. The number of nitrogens with zero attached hydrogens (tertiary/aromatic N) is 2. The molecule has 2 unspecified atom stereocenters. The van der Waals surface area contributed by atoms with Crippen LogP contribution in [-0.2, 0) is 9.84 Å². The number of aromatic nitrogens is 1. The second-order valence-electron chi connectivity index (χ2n) is 5.62. The Bertz CT molecular complexity index is 557. The molecule has 0 aromatic carbocycles. The molecule has 0 bridgehead atoms. The molecule has 0 radical (unpaired) electrons. The van der Waals surface area contributed by atoms with Gasteiger partial charge in [-0.2, -0.15) is 0 Å². The molecule has 118 valence electrons. The SMILES string of the molecule is CCNC(CC)c1ccc(N2CCS(=O)(=O)CC2C)cn1. The van der Waals surface area contributed by atoms with Crippen molar-refractivity contribution in [2.45, 2.75) is 39.3 Å². The number of nitrogens with one attached hydrogen (secondary N) is 1. The highest BCUT2D eigenvalue weighted by atomic mass is 32.2. The van der Waals surface area contributed by atoms with Crippen molar-refractivity contribution in [3.63, 3.8) is 0 Å². The van der Waals surface area contributed by atoms with Gasteiger partial charge in [0.1, 0.15) is 0 Å². The second-order valence-corrected chi connectivity index (χ2v) is 7.85. The summed E-state index contributed by atoms with van der Waals surface area (Å²) in [4.78, 5) is 6.69. The lowest BCUT2D eigenvalue weighted by Gasteiger charge is -2.35. The molecule has 1 fully saturated rings. The van der Waals surface area contributed by atoms with E-state index in [9.17, 15) is 8.42 Å². The van der Waals surface area contributed by atoms with E-state index in [0.717, 1.165) is 24.3 Å². The molecule has 2 heterocycles. The Labute approximate surface area is 127 Å². The van der Waals surface area contributed by atoms with Crippen molar-refractivity contribution in [1.82, 2.24) is 10.3 Å². The molecular weight excluding hydrogens is 286 g/mol. The Kier molecular flexibility index (Phi) is 5.22. The summed E-state index contributed by atoms with van der Waals surface area (Å²) < 4.78 is 23.3. The summed E-state index contributed by atoms with van der Waals surface area (Å²) in [6.07, 6.45) is 2.86. The molecule has 1 aromatic rings. The normalized spacial score (nSPS) is 23.0. The quantitative estimate of drug-likeness (QED) is 0.898. The first-order valence-corrected chi connectivity index (χ1v) is 9.45. The van der Waals surface area contributed by atoms with E-state index in [-0.39, 0.29) is 23.6 Å². The molecule has 1 aliphatic heterocycles. The van der Waals surface area contributed by atoms with E-state index in [1.54, 1.807) is 0 Å². The van der Waals surface area contributed by atoms with E-state index in [2.05, 4.69) is 35.1 Å². The van der Waals surface area contributed by atoms with E-state index >= 15 is 0 Å². The highest BCUT2D eigenvalue weighted by Gasteiger charge is 2.28. The van der Waals surface area contributed by atoms with E-state index in [4.69, 9.17) is 0 Å². The van der Waals surface area contributed by atoms with Crippen LogP contribution >= 0.6 is 0 Å². The highest BCUT2D eigenvalue weighted by molar-refractivity contribution is 7.91. The highest BCUT2D eigenvalue weighted by Crippen LogP contribution is 2.23. The fraction of sp³-hybridized carbons (Fsp3) is 0.667. The van der Waals surface area contributed by atoms with E-state index in [1.165, 1.54) is 0 Å². The third-order valence-corrected chi connectivity index (χ3v) is 5.78. The minimum atomic E-state index is -2.88. The first kappa shape index (κ1) is 16.2. The van der Waals surface area contributed by atoms with Crippen LogP contribution in [0.25, 0.3) is 0 Å². The summed E-state index contributed by atoms with van der Waals surface area (Å²) in [5, 5.41) is 3.41. The Morgan fingerprint density at radius 1 is 1.43 bits per heavy atom. The molecule has 0 amide bonds. The average Bonchev–Trinajstić information content (AvgIpc) is 2.44. The lowest BCUT2D eigenvalue weighted by molar-refractivity contribution is 0.524. The lowest BCUT2D eigenvalue weighted by atomic mass is 10.1. The summed E-state index contributed by atoms with van der Waals surface area (Å²) in [5.74, 6) is 0.456. The fourth-order valence-corrected chi connectivity index (χ4v) is 4.42. The molecule has 0 aliphatic carbocycles. The maximum Gasteiger partial charge on any atom is 0.154 e. The van der Waals surface area contributed by atoms with Gasteiger partial charge in [0, 0.05) is 18.6 Å². The molecule has 2 atom stereocenters. The first-order valence-electron chi connectivity index (χ1n) is 7.63. The summed E-state index contributed by atoms with van der Waals surface area (Å²) in [6, 6.07) is 4.38. The molecule has 1 aliphatic rings. The predicted octanol–water partition coefficient (Wildman–Crippen LogP) is 1.77. The Hall–Kier alpha value is -1.14. The number of rotatable bonds is 5. The molecule has 21 heavy (non-hydrogen) atoms. The van der Waals surface area contributed by atoms with Gasteiger partial charge in [0.15, 0.2) is 9.84 Å². The van der Waals surface area contributed by atoms with E-state index in [0.29, 0.717) is 6.54 Å². The molecule has 0 saturated carbocycles. The van der Waals surface area contributed by atoms with Crippen molar-refractivity contribution in [3.05, 3.63) is 24.0 Å². The maximum absolute atomic E-state index is 11.6. The van der Waals surface area contributed by atoms with Gasteiger partial charge in [0.05, 0.1) is 29.1 Å². The molecular formula is C15H25N3O2S. The largest absolute Gasteiger partial charge is 0.366 e. The van der Waals surface area contributed by atoms with Crippen LogP contribution in [-0.4, -0.2) is 44.0 Å². The van der Waals surface area contributed by atoms with Crippen molar-refractivity contribution >= 4 is 15.5 Å². The van der Waals surface area contributed by atoms with Crippen LogP contribution in [0.2, 0.25) is 0 Å². The van der Waals surface area contributed by atoms with Gasteiger partial charge in [-0.05, 0) is 32.0 Å². The van der Waals surface area contributed by atoms with Crippen LogP contribution in [0.15, 0.2) is 18.3 Å². The van der Waals surface area contributed by atoms with Gasteiger partial charge in [0.2, 0.25) is 0 Å². The van der Waals surface area contributed by atoms with Crippen LogP contribution in [0, 0.1) is 0 Å². The van der Waals surface area contributed by atoms with Gasteiger partial charge < -0.3 is 10.2 Å². The molecule has 1 saturated heterocycles. The lowest BCUT2D eigenvalue weighted by Crippen LogP contribution is -2.47. The third-order valence-electron chi connectivity index (χ3n) is 3.99. The topological polar surface area (TPSA) is 62.3 Å². The maximum atomic E-state index is 11.6. The van der Waals surface area contributed by atoms with Crippen molar-refractivity contribution in [3.8, 4) is 0 Å².